The lowest BCUT2D eigenvalue weighted by molar-refractivity contribution is -0.133. The van der Waals surface area contributed by atoms with Gasteiger partial charge in [-0.1, -0.05) is 35.9 Å². The Morgan fingerprint density at radius 3 is 2.35 bits per heavy atom. The second-order valence-corrected chi connectivity index (χ2v) is 7.48. The van der Waals surface area contributed by atoms with Crippen LogP contribution >= 0.6 is 0 Å². The van der Waals surface area contributed by atoms with Gasteiger partial charge in [-0.25, -0.2) is 0 Å². The first-order valence-electron chi connectivity index (χ1n) is 10.3. The number of anilines is 1. The first-order chi connectivity index (χ1) is 15.1. The molecule has 0 aliphatic carbocycles. The third-order valence-corrected chi connectivity index (χ3v) is 5.36. The number of amides is 1. The molecule has 0 atom stereocenters. The van der Waals surface area contributed by atoms with Crippen molar-refractivity contribution in [2.75, 3.05) is 44.8 Å². The summed E-state index contributed by atoms with van der Waals surface area (Å²) in [5.41, 5.74) is 3.12. The maximum absolute atomic E-state index is 12.5. The molecule has 0 radical (unpaired) electrons. The van der Waals surface area contributed by atoms with E-state index in [4.69, 9.17) is 9.47 Å². The van der Waals surface area contributed by atoms with E-state index in [1.807, 2.05) is 35.2 Å². The molecule has 1 aromatic heterocycles. The van der Waals surface area contributed by atoms with Crippen molar-refractivity contribution < 1.29 is 14.3 Å². The Morgan fingerprint density at radius 2 is 1.68 bits per heavy atom. The number of nitrogens with zero attached hydrogens (tertiary/aromatic N) is 4. The maximum Gasteiger partial charge on any atom is 0.260 e. The molecule has 1 saturated heterocycles. The number of rotatable bonds is 6. The van der Waals surface area contributed by atoms with Crippen molar-refractivity contribution in [2.45, 2.75) is 6.92 Å². The van der Waals surface area contributed by atoms with Gasteiger partial charge in [-0.15, -0.1) is 10.2 Å². The molecule has 31 heavy (non-hydrogen) atoms. The van der Waals surface area contributed by atoms with E-state index in [1.54, 1.807) is 13.2 Å². The number of aromatic nitrogens is 2. The third kappa shape index (κ3) is 5.12. The number of benzene rings is 2. The summed E-state index contributed by atoms with van der Waals surface area (Å²) in [6, 6.07) is 19.5. The Labute approximate surface area is 182 Å². The SMILES string of the molecule is COc1cccc(OCC(=O)N2CCN(c3ccc(-c4ccc(C)cc4)nn3)CC2)c1. The Morgan fingerprint density at radius 1 is 0.935 bits per heavy atom. The molecule has 0 unspecified atom stereocenters. The Balaban J connectivity index is 1.28. The fraction of sp³-hybridized carbons (Fsp3) is 0.292. The molecule has 7 nitrogen and oxygen atoms in total. The maximum atomic E-state index is 12.5. The van der Waals surface area contributed by atoms with Crippen LogP contribution in [0.15, 0.2) is 60.7 Å². The Bertz CT molecular complexity index is 1010. The van der Waals surface area contributed by atoms with Gasteiger partial charge in [-0.05, 0) is 31.2 Å². The van der Waals surface area contributed by atoms with Crippen LogP contribution in [0.2, 0.25) is 0 Å². The number of carbonyl (C=O) groups is 1. The van der Waals surface area contributed by atoms with Gasteiger partial charge < -0.3 is 19.3 Å². The van der Waals surface area contributed by atoms with Crippen molar-refractivity contribution >= 4 is 11.7 Å². The van der Waals surface area contributed by atoms with E-state index < -0.39 is 0 Å². The lowest BCUT2D eigenvalue weighted by Gasteiger charge is -2.35. The van der Waals surface area contributed by atoms with E-state index in [1.165, 1.54) is 5.56 Å². The lowest BCUT2D eigenvalue weighted by atomic mass is 10.1. The number of carbonyl (C=O) groups excluding carboxylic acids is 1. The molecule has 7 heteroatoms. The van der Waals surface area contributed by atoms with E-state index in [2.05, 4.69) is 46.3 Å². The molecule has 4 rings (SSSR count). The molecular weight excluding hydrogens is 392 g/mol. The summed E-state index contributed by atoms with van der Waals surface area (Å²) in [5.74, 6) is 2.13. The highest BCUT2D eigenvalue weighted by Crippen LogP contribution is 2.21. The summed E-state index contributed by atoms with van der Waals surface area (Å²) in [6.07, 6.45) is 0. The highest BCUT2D eigenvalue weighted by Gasteiger charge is 2.22. The zero-order valence-corrected chi connectivity index (χ0v) is 17.8. The fourth-order valence-corrected chi connectivity index (χ4v) is 3.48. The minimum atomic E-state index is -0.0247. The first-order valence-corrected chi connectivity index (χ1v) is 10.3. The number of piperazine rings is 1. The van der Waals surface area contributed by atoms with Crippen LogP contribution in [0.1, 0.15) is 5.56 Å². The average molecular weight is 418 g/mol. The molecule has 1 aliphatic heterocycles. The molecular formula is C24H26N4O3. The molecule has 3 aromatic rings. The summed E-state index contributed by atoms with van der Waals surface area (Å²) in [5, 5.41) is 8.78. The second kappa shape index (κ2) is 9.47. The number of aryl methyl sites for hydroxylation is 1. The Kier molecular flexibility index (Phi) is 6.31. The molecule has 1 aliphatic rings. The highest BCUT2D eigenvalue weighted by molar-refractivity contribution is 5.78. The minimum Gasteiger partial charge on any atom is -0.497 e. The topological polar surface area (TPSA) is 67.8 Å². The standard InChI is InChI=1S/C24H26N4O3/c1-18-6-8-19(9-7-18)22-10-11-23(26-25-22)27-12-14-28(15-13-27)24(29)17-31-21-5-3-4-20(16-21)30-2/h3-11,16H,12-15,17H2,1-2H3. The van der Waals surface area contributed by atoms with Gasteiger partial charge in [-0.3, -0.25) is 4.79 Å². The van der Waals surface area contributed by atoms with Gasteiger partial charge in [0.2, 0.25) is 0 Å². The lowest BCUT2D eigenvalue weighted by Crippen LogP contribution is -2.50. The quantitative estimate of drug-likeness (QED) is 0.613. The minimum absolute atomic E-state index is 0.0121. The van der Waals surface area contributed by atoms with Crippen LogP contribution < -0.4 is 14.4 Å². The predicted octanol–water partition coefficient (Wildman–Crippen LogP) is 3.19. The number of ether oxygens (including phenoxy) is 2. The summed E-state index contributed by atoms with van der Waals surface area (Å²) in [6.45, 7) is 4.75. The molecule has 2 aromatic carbocycles. The molecule has 0 N–H and O–H groups in total. The van der Waals surface area contributed by atoms with Crippen LogP contribution in [-0.2, 0) is 4.79 Å². The van der Waals surface area contributed by atoms with Crippen LogP contribution in [0.25, 0.3) is 11.3 Å². The molecule has 1 amide bonds. The number of methoxy groups -OCH3 is 1. The van der Waals surface area contributed by atoms with Gasteiger partial charge in [0.25, 0.3) is 5.91 Å². The van der Waals surface area contributed by atoms with E-state index in [-0.39, 0.29) is 12.5 Å². The second-order valence-electron chi connectivity index (χ2n) is 7.48. The summed E-state index contributed by atoms with van der Waals surface area (Å²) >= 11 is 0. The van der Waals surface area contributed by atoms with E-state index in [9.17, 15) is 4.79 Å². The van der Waals surface area contributed by atoms with Gasteiger partial charge in [0, 0.05) is 37.8 Å². The van der Waals surface area contributed by atoms with Gasteiger partial charge in [0.05, 0.1) is 12.8 Å². The van der Waals surface area contributed by atoms with Crippen molar-refractivity contribution in [2.24, 2.45) is 0 Å². The largest absolute Gasteiger partial charge is 0.497 e. The van der Waals surface area contributed by atoms with Crippen LogP contribution in [-0.4, -0.2) is 60.9 Å². The molecule has 0 saturated carbocycles. The molecule has 160 valence electrons. The zero-order chi connectivity index (χ0) is 21.6. The van der Waals surface area contributed by atoms with Crippen molar-refractivity contribution in [3.05, 3.63) is 66.2 Å². The third-order valence-electron chi connectivity index (χ3n) is 5.36. The molecule has 0 spiro atoms. The fourth-order valence-electron chi connectivity index (χ4n) is 3.48. The zero-order valence-electron chi connectivity index (χ0n) is 17.8. The van der Waals surface area contributed by atoms with E-state index >= 15 is 0 Å². The smallest absolute Gasteiger partial charge is 0.260 e. The molecule has 0 bridgehead atoms. The first kappa shape index (κ1) is 20.7. The van der Waals surface area contributed by atoms with Crippen LogP contribution in [0.3, 0.4) is 0 Å². The van der Waals surface area contributed by atoms with Crippen molar-refractivity contribution in [3.63, 3.8) is 0 Å². The van der Waals surface area contributed by atoms with E-state index in [0.29, 0.717) is 37.7 Å². The Hall–Kier alpha value is -3.61. The van der Waals surface area contributed by atoms with Gasteiger partial charge >= 0.3 is 0 Å². The van der Waals surface area contributed by atoms with Crippen LogP contribution in [0, 0.1) is 6.92 Å². The van der Waals surface area contributed by atoms with Gasteiger partial charge in [-0.2, -0.15) is 0 Å². The van der Waals surface area contributed by atoms with Crippen molar-refractivity contribution in [1.29, 1.82) is 0 Å². The van der Waals surface area contributed by atoms with Crippen LogP contribution in [0.4, 0.5) is 5.82 Å². The summed E-state index contributed by atoms with van der Waals surface area (Å²) in [4.78, 5) is 16.5. The van der Waals surface area contributed by atoms with Crippen molar-refractivity contribution in [1.82, 2.24) is 15.1 Å². The highest BCUT2D eigenvalue weighted by atomic mass is 16.5. The summed E-state index contributed by atoms with van der Waals surface area (Å²) < 4.78 is 10.8. The normalized spacial score (nSPS) is 13.7. The van der Waals surface area contributed by atoms with Gasteiger partial charge in [0.1, 0.15) is 11.5 Å². The molecule has 1 fully saturated rings. The van der Waals surface area contributed by atoms with Crippen LogP contribution in [0.5, 0.6) is 11.5 Å². The average Bonchev–Trinajstić information content (AvgIpc) is 2.83. The van der Waals surface area contributed by atoms with Gasteiger partial charge in [0.15, 0.2) is 12.4 Å². The molecule has 2 heterocycles. The van der Waals surface area contributed by atoms with Crippen molar-refractivity contribution in [3.8, 4) is 22.8 Å². The predicted molar refractivity (Wildman–Crippen MR) is 119 cm³/mol. The number of hydrogen-bond acceptors (Lipinski definition) is 6. The summed E-state index contributed by atoms with van der Waals surface area (Å²) in [7, 11) is 1.60. The monoisotopic (exact) mass is 418 g/mol. The number of hydrogen-bond donors (Lipinski definition) is 0. The van der Waals surface area contributed by atoms with E-state index in [0.717, 1.165) is 17.1 Å².